The summed E-state index contributed by atoms with van der Waals surface area (Å²) in [5, 5.41) is 3.42. The number of aryl methyl sites for hydroxylation is 1. The van der Waals surface area contributed by atoms with Crippen LogP contribution >= 0.6 is 24.0 Å². The Balaban J connectivity index is 0.00000364. The van der Waals surface area contributed by atoms with Crippen molar-refractivity contribution in [2.75, 3.05) is 46.9 Å². The van der Waals surface area contributed by atoms with Crippen LogP contribution in [0.5, 0.6) is 0 Å². The SMILES string of the molecule is Cc1ccccc1C1CN(C(=NCC(=O)N(C)C)NCC(C)C)CCO1.I. The highest BCUT2D eigenvalue weighted by Crippen LogP contribution is 2.25. The highest BCUT2D eigenvalue weighted by Gasteiger charge is 2.25. The number of ether oxygens (including phenoxy) is 1. The fraction of sp³-hybridized carbons (Fsp3) is 0.600. The van der Waals surface area contributed by atoms with E-state index in [9.17, 15) is 4.79 Å². The summed E-state index contributed by atoms with van der Waals surface area (Å²) in [4.78, 5) is 20.3. The summed E-state index contributed by atoms with van der Waals surface area (Å²) in [5.74, 6) is 1.28. The molecule has 0 bridgehead atoms. The zero-order chi connectivity index (χ0) is 19.1. The quantitative estimate of drug-likeness (QED) is 0.394. The molecule has 1 fully saturated rings. The monoisotopic (exact) mass is 488 g/mol. The summed E-state index contributed by atoms with van der Waals surface area (Å²) in [7, 11) is 3.50. The van der Waals surface area contributed by atoms with Crippen molar-refractivity contribution in [3.8, 4) is 0 Å². The summed E-state index contributed by atoms with van der Waals surface area (Å²) >= 11 is 0. The average Bonchev–Trinajstić information content (AvgIpc) is 2.61. The number of carbonyl (C=O) groups excluding carboxylic acids is 1. The lowest BCUT2D eigenvalue weighted by molar-refractivity contribution is -0.127. The number of guanidine groups is 1. The summed E-state index contributed by atoms with van der Waals surface area (Å²) in [6.07, 6.45) is 0.0144. The Morgan fingerprint density at radius 2 is 2.07 bits per heavy atom. The Morgan fingerprint density at radius 3 is 2.70 bits per heavy atom. The summed E-state index contributed by atoms with van der Waals surface area (Å²) in [6.45, 7) is 9.53. The van der Waals surface area contributed by atoms with Crippen molar-refractivity contribution in [3.05, 3.63) is 35.4 Å². The average molecular weight is 488 g/mol. The maximum absolute atomic E-state index is 11.9. The van der Waals surface area contributed by atoms with Crippen LogP contribution < -0.4 is 5.32 Å². The standard InChI is InChI=1S/C20H32N4O2.HI/c1-15(2)12-21-20(22-13-19(25)23(4)5)24-10-11-26-18(14-24)17-9-7-6-8-16(17)3;/h6-9,15,18H,10-14H2,1-5H3,(H,21,22);1H. The van der Waals surface area contributed by atoms with E-state index in [1.165, 1.54) is 11.1 Å². The van der Waals surface area contributed by atoms with Crippen LogP contribution in [0.15, 0.2) is 29.3 Å². The van der Waals surface area contributed by atoms with Crippen LogP contribution in [0.25, 0.3) is 0 Å². The van der Waals surface area contributed by atoms with E-state index in [2.05, 4.69) is 48.1 Å². The minimum absolute atomic E-state index is 0. The number of nitrogens with zero attached hydrogens (tertiary/aromatic N) is 3. The van der Waals surface area contributed by atoms with E-state index in [0.717, 1.165) is 25.6 Å². The molecule has 1 aromatic carbocycles. The molecule has 1 amide bonds. The Hall–Kier alpha value is -1.35. The summed E-state index contributed by atoms with van der Waals surface area (Å²) < 4.78 is 6.02. The van der Waals surface area contributed by atoms with Gasteiger partial charge in [0.2, 0.25) is 5.91 Å². The van der Waals surface area contributed by atoms with Crippen LogP contribution in [0.1, 0.15) is 31.1 Å². The van der Waals surface area contributed by atoms with Crippen molar-refractivity contribution >= 4 is 35.8 Å². The highest BCUT2D eigenvalue weighted by molar-refractivity contribution is 14.0. The number of morpholine rings is 1. The number of hydrogen-bond acceptors (Lipinski definition) is 3. The summed E-state index contributed by atoms with van der Waals surface area (Å²) in [6, 6.07) is 8.33. The van der Waals surface area contributed by atoms with Crippen LogP contribution in [-0.2, 0) is 9.53 Å². The van der Waals surface area contributed by atoms with Crippen LogP contribution in [-0.4, -0.2) is 68.5 Å². The number of halogens is 1. The predicted molar refractivity (Wildman–Crippen MR) is 121 cm³/mol. The maximum Gasteiger partial charge on any atom is 0.243 e. The second kappa shape index (κ2) is 11.5. The van der Waals surface area contributed by atoms with Crippen molar-refractivity contribution in [1.82, 2.24) is 15.1 Å². The highest BCUT2D eigenvalue weighted by atomic mass is 127. The van der Waals surface area contributed by atoms with Crippen molar-refractivity contribution in [2.24, 2.45) is 10.9 Å². The lowest BCUT2D eigenvalue weighted by Crippen LogP contribution is -2.49. The number of hydrogen-bond donors (Lipinski definition) is 1. The first kappa shape index (κ1) is 23.7. The van der Waals surface area contributed by atoms with Gasteiger partial charge < -0.3 is 19.9 Å². The Morgan fingerprint density at radius 1 is 1.37 bits per heavy atom. The van der Waals surface area contributed by atoms with Gasteiger partial charge in [-0.25, -0.2) is 4.99 Å². The van der Waals surface area contributed by atoms with E-state index in [-0.39, 0.29) is 42.5 Å². The van der Waals surface area contributed by atoms with Gasteiger partial charge in [0.05, 0.1) is 13.2 Å². The third-order valence-electron chi connectivity index (χ3n) is 4.43. The molecule has 0 saturated carbocycles. The van der Waals surface area contributed by atoms with Gasteiger partial charge in [0.25, 0.3) is 0 Å². The van der Waals surface area contributed by atoms with Gasteiger partial charge >= 0.3 is 0 Å². The number of benzene rings is 1. The minimum Gasteiger partial charge on any atom is -0.370 e. The molecule has 1 aromatic rings. The van der Waals surface area contributed by atoms with Gasteiger partial charge in [-0.2, -0.15) is 0 Å². The zero-order valence-corrected chi connectivity index (χ0v) is 19.4. The maximum atomic E-state index is 11.9. The van der Waals surface area contributed by atoms with Gasteiger partial charge in [0, 0.05) is 27.2 Å². The second-order valence-corrected chi connectivity index (χ2v) is 7.36. The second-order valence-electron chi connectivity index (χ2n) is 7.36. The van der Waals surface area contributed by atoms with E-state index in [1.54, 1.807) is 19.0 Å². The zero-order valence-electron chi connectivity index (χ0n) is 17.1. The molecule has 0 spiro atoms. The van der Waals surface area contributed by atoms with E-state index < -0.39 is 0 Å². The molecular formula is C20H33IN4O2. The minimum atomic E-state index is -0.00226. The Kier molecular flexibility index (Phi) is 10.1. The van der Waals surface area contributed by atoms with Crippen molar-refractivity contribution in [2.45, 2.75) is 26.9 Å². The van der Waals surface area contributed by atoms with Crippen molar-refractivity contribution in [1.29, 1.82) is 0 Å². The number of nitrogens with one attached hydrogen (secondary N) is 1. The molecule has 1 N–H and O–H groups in total. The predicted octanol–water partition coefficient (Wildman–Crippen LogP) is 2.68. The van der Waals surface area contributed by atoms with Gasteiger partial charge in [-0.1, -0.05) is 38.1 Å². The molecule has 1 unspecified atom stereocenters. The molecule has 2 rings (SSSR count). The number of amides is 1. The molecule has 0 radical (unpaired) electrons. The molecule has 1 aliphatic rings. The van der Waals surface area contributed by atoms with Gasteiger partial charge in [0.1, 0.15) is 12.6 Å². The first-order valence-electron chi connectivity index (χ1n) is 9.29. The number of aliphatic imine (C=N–C) groups is 1. The van der Waals surface area contributed by atoms with E-state index in [1.807, 2.05) is 12.1 Å². The normalized spacial score (nSPS) is 17.5. The summed E-state index contributed by atoms with van der Waals surface area (Å²) in [5.41, 5.74) is 2.44. The Bertz CT molecular complexity index is 634. The smallest absolute Gasteiger partial charge is 0.243 e. The first-order valence-corrected chi connectivity index (χ1v) is 9.29. The number of carbonyl (C=O) groups is 1. The van der Waals surface area contributed by atoms with Crippen LogP contribution in [0.2, 0.25) is 0 Å². The molecule has 1 atom stereocenters. The van der Waals surface area contributed by atoms with Gasteiger partial charge in [-0.3, -0.25) is 4.79 Å². The lowest BCUT2D eigenvalue weighted by atomic mass is 10.0. The molecular weight excluding hydrogens is 455 g/mol. The molecule has 152 valence electrons. The third kappa shape index (κ3) is 7.29. The lowest BCUT2D eigenvalue weighted by Gasteiger charge is -2.36. The molecule has 1 saturated heterocycles. The molecule has 27 heavy (non-hydrogen) atoms. The van der Waals surface area contributed by atoms with Gasteiger partial charge in [-0.05, 0) is 24.0 Å². The van der Waals surface area contributed by atoms with E-state index in [4.69, 9.17) is 4.74 Å². The van der Waals surface area contributed by atoms with Crippen molar-refractivity contribution in [3.63, 3.8) is 0 Å². The molecule has 0 aliphatic carbocycles. The van der Waals surface area contributed by atoms with Crippen LogP contribution in [0, 0.1) is 12.8 Å². The van der Waals surface area contributed by atoms with Gasteiger partial charge in [-0.15, -0.1) is 24.0 Å². The molecule has 1 aliphatic heterocycles. The molecule has 6 nitrogen and oxygen atoms in total. The fourth-order valence-electron chi connectivity index (χ4n) is 2.82. The Labute approximate surface area is 180 Å². The molecule has 1 heterocycles. The van der Waals surface area contributed by atoms with Crippen molar-refractivity contribution < 1.29 is 9.53 Å². The van der Waals surface area contributed by atoms with Crippen LogP contribution in [0.4, 0.5) is 0 Å². The first-order chi connectivity index (χ1) is 12.4. The van der Waals surface area contributed by atoms with E-state index >= 15 is 0 Å². The topological polar surface area (TPSA) is 57.2 Å². The molecule has 0 aromatic heterocycles. The van der Waals surface area contributed by atoms with Crippen LogP contribution in [0.3, 0.4) is 0 Å². The third-order valence-corrected chi connectivity index (χ3v) is 4.43. The van der Waals surface area contributed by atoms with E-state index in [0.29, 0.717) is 12.5 Å². The fourth-order valence-corrected chi connectivity index (χ4v) is 2.82. The largest absolute Gasteiger partial charge is 0.370 e. The molecule has 7 heteroatoms. The number of rotatable bonds is 5. The number of likely N-dealkylation sites (N-methyl/N-ethyl adjacent to an activating group) is 1. The van der Waals surface area contributed by atoms with Gasteiger partial charge in [0.15, 0.2) is 5.96 Å².